The first-order valence-corrected chi connectivity index (χ1v) is 5.02. The second kappa shape index (κ2) is 3.69. The SMILES string of the molecule is O=C(O)c1cnoc1-c1cc2ccc(F)cc2o1. The van der Waals surface area contributed by atoms with Crippen LogP contribution in [0, 0.1) is 5.82 Å². The maximum atomic E-state index is 13.0. The molecule has 5 nitrogen and oxygen atoms in total. The largest absolute Gasteiger partial charge is 0.477 e. The molecule has 0 atom stereocenters. The highest BCUT2D eigenvalue weighted by molar-refractivity contribution is 5.94. The van der Waals surface area contributed by atoms with Crippen LogP contribution < -0.4 is 0 Å². The lowest BCUT2D eigenvalue weighted by atomic mass is 10.2. The third-order valence-corrected chi connectivity index (χ3v) is 2.51. The van der Waals surface area contributed by atoms with Crippen LogP contribution in [0.4, 0.5) is 4.39 Å². The summed E-state index contributed by atoms with van der Waals surface area (Å²) in [5, 5.41) is 13.0. The average molecular weight is 247 g/mol. The number of rotatable bonds is 2. The van der Waals surface area contributed by atoms with Gasteiger partial charge >= 0.3 is 5.97 Å². The van der Waals surface area contributed by atoms with Crippen LogP contribution in [0.15, 0.2) is 39.4 Å². The minimum absolute atomic E-state index is 0.0131. The van der Waals surface area contributed by atoms with Gasteiger partial charge in [0.1, 0.15) is 17.0 Å². The summed E-state index contributed by atoms with van der Waals surface area (Å²) in [6, 6.07) is 5.62. The molecule has 0 saturated carbocycles. The first kappa shape index (κ1) is 10.5. The molecule has 0 amide bonds. The molecule has 2 aromatic heterocycles. The Morgan fingerprint density at radius 1 is 1.33 bits per heavy atom. The fourth-order valence-corrected chi connectivity index (χ4v) is 1.69. The van der Waals surface area contributed by atoms with Crippen molar-refractivity contribution in [2.45, 2.75) is 0 Å². The van der Waals surface area contributed by atoms with E-state index in [0.29, 0.717) is 11.0 Å². The number of aromatic carboxylic acids is 1. The molecule has 1 aromatic carbocycles. The number of nitrogens with zero attached hydrogens (tertiary/aromatic N) is 1. The van der Waals surface area contributed by atoms with Crippen molar-refractivity contribution in [2.75, 3.05) is 0 Å². The van der Waals surface area contributed by atoms with Gasteiger partial charge < -0.3 is 14.0 Å². The average Bonchev–Trinajstić information content (AvgIpc) is 2.93. The first-order valence-electron chi connectivity index (χ1n) is 5.02. The molecule has 0 aliphatic carbocycles. The topological polar surface area (TPSA) is 76.5 Å². The number of fused-ring (bicyclic) bond motifs is 1. The summed E-state index contributed by atoms with van der Waals surface area (Å²) < 4.78 is 23.2. The maximum absolute atomic E-state index is 13.0. The number of benzene rings is 1. The Bertz CT molecular complexity index is 743. The molecular weight excluding hydrogens is 241 g/mol. The van der Waals surface area contributed by atoms with E-state index in [1.807, 2.05) is 0 Å². The molecule has 0 saturated heterocycles. The quantitative estimate of drug-likeness (QED) is 0.753. The standard InChI is InChI=1S/C12H6FNO4/c13-7-2-1-6-3-10(17-9(6)4-7)11-8(12(15)16)5-14-18-11/h1-5H,(H,15,16). The van der Waals surface area contributed by atoms with Gasteiger partial charge in [0.2, 0.25) is 5.76 Å². The highest BCUT2D eigenvalue weighted by atomic mass is 19.1. The van der Waals surface area contributed by atoms with Crippen molar-refractivity contribution in [3.63, 3.8) is 0 Å². The van der Waals surface area contributed by atoms with Gasteiger partial charge in [-0.2, -0.15) is 0 Å². The Labute approximate surface area is 99.4 Å². The highest BCUT2D eigenvalue weighted by Gasteiger charge is 2.20. The van der Waals surface area contributed by atoms with Gasteiger partial charge in [0.15, 0.2) is 5.76 Å². The normalized spacial score (nSPS) is 10.9. The summed E-state index contributed by atoms with van der Waals surface area (Å²) >= 11 is 0. The van der Waals surface area contributed by atoms with Gasteiger partial charge in [-0.3, -0.25) is 0 Å². The van der Waals surface area contributed by atoms with Crippen LogP contribution >= 0.6 is 0 Å². The molecular formula is C12H6FNO4. The molecule has 18 heavy (non-hydrogen) atoms. The molecule has 3 aromatic rings. The van der Waals surface area contributed by atoms with E-state index in [9.17, 15) is 9.18 Å². The van der Waals surface area contributed by atoms with Crippen LogP contribution in [0.5, 0.6) is 0 Å². The zero-order valence-electron chi connectivity index (χ0n) is 8.88. The van der Waals surface area contributed by atoms with Gasteiger partial charge in [0.05, 0.1) is 6.20 Å². The summed E-state index contributed by atoms with van der Waals surface area (Å²) in [5.41, 5.74) is 0.215. The third kappa shape index (κ3) is 1.55. The molecule has 90 valence electrons. The van der Waals surface area contributed by atoms with Crippen LogP contribution in [-0.4, -0.2) is 16.2 Å². The Kier molecular flexibility index (Phi) is 2.16. The number of hydrogen-bond acceptors (Lipinski definition) is 4. The van der Waals surface area contributed by atoms with Crippen LogP contribution in [0.1, 0.15) is 10.4 Å². The van der Waals surface area contributed by atoms with E-state index in [1.165, 1.54) is 18.2 Å². The summed E-state index contributed by atoms with van der Waals surface area (Å²) in [7, 11) is 0. The Hall–Kier alpha value is -2.63. The number of halogens is 1. The van der Waals surface area contributed by atoms with Crippen LogP contribution in [-0.2, 0) is 0 Å². The molecule has 0 aliphatic rings. The molecule has 0 radical (unpaired) electrons. The van der Waals surface area contributed by atoms with Gasteiger partial charge in [0.25, 0.3) is 0 Å². The van der Waals surface area contributed by atoms with Crippen LogP contribution in [0.2, 0.25) is 0 Å². The first-order chi connectivity index (χ1) is 8.65. The summed E-state index contributed by atoms with van der Waals surface area (Å²) in [5.74, 6) is -1.39. The van der Waals surface area contributed by atoms with E-state index in [2.05, 4.69) is 5.16 Å². The fourth-order valence-electron chi connectivity index (χ4n) is 1.69. The van der Waals surface area contributed by atoms with E-state index in [4.69, 9.17) is 14.0 Å². The van der Waals surface area contributed by atoms with Gasteiger partial charge in [-0.15, -0.1) is 0 Å². The molecule has 0 unspecified atom stereocenters. The molecule has 6 heteroatoms. The number of carboxylic acids is 1. The molecule has 0 fully saturated rings. The minimum Gasteiger partial charge on any atom is -0.477 e. The van der Waals surface area contributed by atoms with Crippen molar-refractivity contribution < 1.29 is 23.2 Å². The summed E-state index contributed by atoms with van der Waals surface area (Å²) in [6.45, 7) is 0. The van der Waals surface area contributed by atoms with Crippen LogP contribution in [0.3, 0.4) is 0 Å². The lowest BCUT2D eigenvalue weighted by Crippen LogP contribution is -1.95. The minimum atomic E-state index is -1.17. The van der Waals surface area contributed by atoms with Gasteiger partial charge in [-0.1, -0.05) is 5.16 Å². The highest BCUT2D eigenvalue weighted by Crippen LogP contribution is 2.30. The van der Waals surface area contributed by atoms with Crippen molar-refractivity contribution in [3.05, 3.63) is 41.8 Å². The number of carbonyl (C=O) groups is 1. The van der Waals surface area contributed by atoms with Crippen molar-refractivity contribution >= 4 is 16.9 Å². The second-order valence-electron chi connectivity index (χ2n) is 3.67. The molecule has 0 bridgehead atoms. The smallest absolute Gasteiger partial charge is 0.341 e. The summed E-state index contributed by atoms with van der Waals surface area (Å²) in [6.07, 6.45) is 1.09. The lowest BCUT2D eigenvalue weighted by Gasteiger charge is -1.91. The van der Waals surface area contributed by atoms with E-state index in [0.717, 1.165) is 6.20 Å². The zero-order valence-corrected chi connectivity index (χ0v) is 8.88. The molecule has 0 aliphatic heterocycles. The van der Waals surface area contributed by atoms with Crippen molar-refractivity contribution in [2.24, 2.45) is 0 Å². The Morgan fingerprint density at radius 3 is 2.94 bits per heavy atom. The summed E-state index contributed by atoms with van der Waals surface area (Å²) in [4.78, 5) is 10.9. The van der Waals surface area contributed by atoms with Gasteiger partial charge in [-0.05, 0) is 18.2 Å². The van der Waals surface area contributed by atoms with Gasteiger partial charge in [-0.25, -0.2) is 9.18 Å². The van der Waals surface area contributed by atoms with E-state index in [1.54, 1.807) is 6.07 Å². The fraction of sp³-hybridized carbons (Fsp3) is 0. The molecule has 3 rings (SSSR count). The Morgan fingerprint density at radius 2 is 2.17 bits per heavy atom. The lowest BCUT2D eigenvalue weighted by molar-refractivity contribution is 0.0697. The molecule has 0 spiro atoms. The molecule has 1 N–H and O–H groups in total. The number of carboxylic acid groups (broad SMARTS) is 1. The molecule has 2 heterocycles. The van der Waals surface area contributed by atoms with E-state index >= 15 is 0 Å². The Balaban J connectivity index is 2.19. The monoisotopic (exact) mass is 247 g/mol. The zero-order chi connectivity index (χ0) is 12.7. The predicted molar refractivity (Wildman–Crippen MR) is 58.6 cm³/mol. The van der Waals surface area contributed by atoms with Crippen molar-refractivity contribution in [3.8, 4) is 11.5 Å². The van der Waals surface area contributed by atoms with E-state index < -0.39 is 11.8 Å². The van der Waals surface area contributed by atoms with Gasteiger partial charge in [0, 0.05) is 11.5 Å². The number of furan rings is 1. The number of hydrogen-bond donors (Lipinski definition) is 1. The van der Waals surface area contributed by atoms with Crippen molar-refractivity contribution in [1.82, 2.24) is 5.16 Å². The second-order valence-corrected chi connectivity index (χ2v) is 3.67. The van der Waals surface area contributed by atoms with E-state index in [-0.39, 0.29) is 17.1 Å². The number of aromatic nitrogens is 1. The predicted octanol–water partition coefficient (Wildman–Crippen LogP) is 2.93. The van der Waals surface area contributed by atoms with Crippen molar-refractivity contribution in [1.29, 1.82) is 0 Å². The van der Waals surface area contributed by atoms with Crippen LogP contribution in [0.25, 0.3) is 22.5 Å². The maximum Gasteiger partial charge on any atom is 0.341 e. The third-order valence-electron chi connectivity index (χ3n) is 2.51.